The standard InChI is InChI=1S/C23H26N2O2/c1-16(2)4-7-18-8-12-20(13-9-18)23(26)27-21-14-24-22(25-15-21)19-10-5-17(3)6-11-19/h4-6,8,10-11,14-15,20H,7,9,12-13H2,1-3H3. The lowest BCUT2D eigenvalue weighted by Gasteiger charge is -2.20. The van der Waals surface area contributed by atoms with E-state index >= 15 is 0 Å². The molecule has 4 heteroatoms. The summed E-state index contributed by atoms with van der Waals surface area (Å²) in [4.78, 5) is 21.1. The van der Waals surface area contributed by atoms with Crippen LogP contribution in [-0.2, 0) is 4.79 Å². The van der Waals surface area contributed by atoms with Crippen molar-refractivity contribution >= 4 is 5.97 Å². The SMILES string of the molecule is CC(C)=CCC1=CCC(C(=O)Oc2cnc(-c3ccc(C)cc3)nc2)CC1. The molecule has 0 amide bonds. The van der Waals surface area contributed by atoms with Gasteiger partial charge in [-0.1, -0.05) is 53.1 Å². The van der Waals surface area contributed by atoms with Gasteiger partial charge in [-0.15, -0.1) is 0 Å². The van der Waals surface area contributed by atoms with Gasteiger partial charge in [0.2, 0.25) is 0 Å². The van der Waals surface area contributed by atoms with Crippen molar-refractivity contribution in [3.63, 3.8) is 0 Å². The molecule has 1 aromatic carbocycles. The van der Waals surface area contributed by atoms with E-state index in [0.717, 1.165) is 31.2 Å². The zero-order chi connectivity index (χ0) is 19.2. The van der Waals surface area contributed by atoms with Crippen LogP contribution in [0, 0.1) is 12.8 Å². The van der Waals surface area contributed by atoms with Crippen LogP contribution in [0.1, 0.15) is 45.1 Å². The van der Waals surface area contributed by atoms with Gasteiger partial charge in [-0.2, -0.15) is 0 Å². The third kappa shape index (κ3) is 5.36. The van der Waals surface area contributed by atoms with Gasteiger partial charge in [-0.05, 0) is 46.5 Å². The van der Waals surface area contributed by atoms with Crippen LogP contribution in [0.2, 0.25) is 0 Å². The molecule has 1 aliphatic rings. The molecular weight excluding hydrogens is 336 g/mol. The number of esters is 1. The Hall–Kier alpha value is -2.75. The van der Waals surface area contributed by atoms with E-state index in [1.165, 1.54) is 16.7 Å². The van der Waals surface area contributed by atoms with Crippen molar-refractivity contribution in [1.29, 1.82) is 0 Å². The molecular formula is C23H26N2O2. The first-order chi connectivity index (χ1) is 13.0. The molecule has 0 aliphatic heterocycles. The molecule has 0 saturated carbocycles. The zero-order valence-corrected chi connectivity index (χ0v) is 16.2. The van der Waals surface area contributed by atoms with Crippen molar-refractivity contribution in [3.05, 3.63) is 65.5 Å². The van der Waals surface area contributed by atoms with Crippen LogP contribution in [-0.4, -0.2) is 15.9 Å². The molecule has 3 rings (SSSR count). The summed E-state index contributed by atoms with van der Waals surface area (Å²) in [6, 6.07) is 8.01. The molecule has 0 radical (unpaired) electrons. The molecule has 0 saturated heterocycles. The predicted molar refractivity (Wildman–Crippen MR) is 107 cm³/mol. The summed E-state index contributed by atoms with van der Waals surface area (Å²) in [6.07, 6.45) is 11.1. The van der Waals surface area contributed by atoms with Crippen LogP contribution in [0.5, 0.6) is 5.75 Å². The number of carbonyl (C=O) groups is 1. The average molecular weight is 362 g/mol. The number of aromatic nitrogens is 2. The highest BCUT2D eigenvalue weighted by Crippen LogP contribution is 2.27. The molecule has 2 aromatic rings. The van der Waals surface area contributed by atoms with E-state index in [9.17, 15) is 4.79 Å². The van der Waals surface area contributed by atoms with Crippen LogP contribution in [0.25, 0.3) is 11.4 Å². The van der Waals surface area contributed by atoms with Crippen LogP contribution in [0.4, 0.5) is 0 Å². The number of rotatable bonds is 5. The average Bonchev–Trinajstić information content (AvgIpc) is 2.68. The van der Waals surface area contributed by atoms with Crippen LogP contribution >= 0.6 is 0 Å². The lowest BCUT2D eigenvalue weighted by molar-refractivity contribution is -0.139. The minimum Gasteiger partial charge on any atom is -0.423 e. The maximum Gasteiger partial charge on any atom is 0.314 e. The third-order valence-electron chi connectivity index (χ3n) is 4.77. The molecule has 0 N–H and O–H groups in total. The normalized spacial score (nSPS) is 16.4. The number of hydrogen-bond donors (Lipinski definition) is 0. The molecule has 1 aromatic heterocycles. The van der Waals surface area contributed by atoms with E-state index in [1.54, 1.807) is 12.4 Å². The molecule has 4 nitrogen and oxygen atoms in total. The van der Waals surface area contributed by atoms with Gasteiger partial charge >= 0.3 is 5.97 Å². The number of ether oxygens (including phenoxy) is 1. The van der Waals surface area contributed by atoms with Gasteiger partial charge < -0.3 is 4.74 Å². The van der Waals surface area contributed by atoms with Gasteiger partial charge in [0, 0.05) is 5.56 Å². The molecule has 1 aliphatic carbocycles. The summed E-state index contributed by atoms with van der Waals surface area (Å²) in [5.74, 6) is 0.742. The van der Waals surface area contributed by atoms with E-state index < -0.39 is 0 Å². The Morgan fingerprint density at radius 1 is 1.19 bits per heavy atom. The Morgan fingerprint density at radius 3 is 2.48 bits per heavy atom. The van der Waals surface area contributed by atoms with Gasteiger partial charge in [0.25, 0.3) is 0 Å². The Kier molecular flexibility index (Phi) is 6.17. The summed E-state index contributed by atoms with van der Waals surface area (Å²) in [5, 5.41) is 0. The third-order valence-corrected chi connectivity index (χ3v) is 4.77. The molecule has 0 fully saturated rings. The number of nitrogens with zero attached hydrogens (tertiary/aromatic N) is 2. The second-order valence-corrected chi connectivity index (χ2v) is 7.35. The van der Waals surface area contributed by atoms with E-state index in [1.807, 2.05) is 31.2 Å². The first kappa shape index (κ1) is 19.0. The Bertz CT molecular complexity index is 845. The number of hydrogen-bond acceptors (Lipinski definition) is 4. The molecule has 140 valence electrons. The maximum absolute atomic E-state index is 12.4. The Morgan fingerprint density at radius 2 is 1.89 bits per heavy atom. The zero-order valence-electron chi connectivity index (χ0n) is 16.2. The molecule has 1 heterocycles. The van der Waals surface area contributed by atoms with Crippen molar-refractivity contribution < 1.29 is 9.53 Å². The van der Waals surface area contributed by atoms with E-state index in [0.29, 0.717) is 11.6 Å². The molecule has 0 spiro atoms. The first-order valence-corrected chi connectivity index (χ1v) is 9.43. The number of aryl methyl sites for hydroxylation is 1. The second kappa shape index (κ2) is 8.76. The molecule has 1 atom stereocenters. The minimum atomic E-state index is -0.195. The highest BCUT2D eigenvalue weighted by molar-refractivity contribution is 5.75. The van der Waals surface area contributed by atoms with Crippen molar-refractivity contribution in [2.45, 2.75) is 46.5 Å². The fourth-order valence-electron chi connectivity index (χ4n) is 3.04. The van der Waals surface area contributed by atoms with Crippen LogP contribution in [0.3, 0.4) is 0 Å². The summed E-state index contributed by atoms with van der Waals surface area (Å²) in [7, 11) is 0. The summed E-state index contributed by atoms with van der Waals surface area (Å²) in [5.41, 5.74) is 4.87. The Balaban J connectivity index is 1.57. The van der Waals surface area contributed by atoms with E-state index in [2.05, 4.69) is 36.0 Å². The van der Waals surface area contributed by atoms with E-state index in [4.69, 9.17) is 4.74 Å². The van der Waals surface area contributed by atoms with E-state index in [-0.39, 0.29) is 11.9 Å². The number of carbonyl (C=O) groups excluding carboxylic acids is 1. The van der Waals surface area contributed by atoms with Crippen molar-refractivity contribution in [1.82, 2.24) is 9.97 Å². The highest BCUT2D eigenvalue weighted by Gasteiger charge is 2.23. The summed E-state index contributed by atoms with van der Waals surface area (Å²) in [6.45, 7) is 6.25. The van der Waals surface area contributed by atoms with Crippen LogP contribution in [0.15, 0.2) is 60.0 Å². The largest absolute Gasteiger partial charge is 0.423 e. The van der Waals surface area contributed by atoms with Gasteiger partial charge in [0.05, 0.1) is 18.3 Å². The van der Waals surface area contributed by atoms with Gasteiger partial charge in [0.1, 0.15) is 0 Å². The quantitative estimate of drug-likeness (QED) is 0.525. The summed E-state index contributed by atoms with van der Waals surface area (Å²) < 4.78 is 5.49. The minimum absolute atomic E-state index is 0.0859. The number of benzene rings is 1. The van der Waals surface area contributed by atoms with Gasteiger partial charge in [-0.3, -0.25) is 4.79 Å². The van der Waals surface area contributed by atoms with Crippen molar-refractivity contribution in [2.75, 3.05) is 0 Å². The smallest absolute Gasteiger partial charge is 0.314 e. The monoisotopic (exact) mass is 362 g/mol. The van der Waals surface area contributed by atoms with Crippen molar-refractivity contribution in [2.24, 2.45) is 5.92 Å². The predicted octanol–water partition coefficient (Wildman–Crippen LogP) is 5.44. The molecule has 0 bridgehead atoms. The maximum atomic E-state index is 12.4. The molecule has 1 unspecified atom stereocenters. The van der Waals surface area contributed by atoms with Gasteiger partial charge in [-0.25, -0.2) is 9.97 Å². The lowest BCUT2D eigenvalue weighted by atomic mass is 9.88. The fourth-order valence-corrected chi connectivity index (χ4v) is 3.04. The first-order valence-electron chi connectivity index (χ1n) is 9.43. The van der Waals surface area contributed by atoms with Crippen molar-refractivity contribution in [3.8, 4) is 17.1 Å². The second-order valence-electron chi connectivity index (χ2n) is 7.35. The molecule has 27 heavy (non-hydrogen) atoms. The lowest BCUT2D eigenvalue weighted by Crippen LogP contribution is -2.22. The van der Waals surface area contributed by atoms with Crippen LogP contribution < -0.4 is 4.74 Å². The fraction of sp³-hybridized carbons (Fsp3) is 0.348. The van der Waals surface area contributed by atoms with Gasteiger partial charge in [0.15, 0.2) is 11.6 Å². The number of allylic oxidation sites excluding steroid dienone is 4. The topological polar surface area (TPSA) is 52.1 Å². The summed E-state index contributed by atoms with van der Waals surface area (Å²) >= 11 is 0. The Labute approximate surface area is 161 Å². The highest BCUT2D eigenvalue weighted by atomic mass is 16.5.